The van der Waals surface area contributed by atoms with Crippen molar-refractivity contribution < 1.29 is 13.6 Å². The Morgan fingerprint density at radius 3 is 2.71 bits per heavy atom. The summed E-state index contributed by atoms with van der Waals surface area (Å²) in [5, 5.41) is 4.00. The molecule has 96 valence electrons. The van der Waals surface area contributed by atoms with E-state index in [2.05, 4.69) is 5.10 Å². The zero-order valence-corrected chi connectivity index (χ0v) is 10.4. The Balaban J connectivity index is 2.87. The van der Waals surface area contributed by atoms with Gasteiger partial charge >= 0.3 is 0 Å². The summed E-state index contributed by atoms with van der Waals surface area (Å²) < 4.78 is 26.1. The van der Waals surface area contributed by atoms with Gasteiger partial charge in [0.2, 0.25) is 0 Å². The van der Waals surface area contributed by atoms with Gasteiger partial charge in [-0.15, -0.1) is 11.6 Å². The van der Waals surface area contributed by atoms with Gasteiger partial charge in [0.05, 0.1) is 17.8 Å². The molecule has 0 radical (unpaired) electrons. The van der Waals surface area contributed by atoms with Gasteiger partial charge in [0.1, 0.15) is 0 Å². The van der Waals surface area contributed by atoms with Gasteiger partial charge in [0.25, 0.3) is 12.3 Å². The Kier molecular flexibility index (Phi) is 4.86. The van der Waals surface area contributed by atoms with Crippen molar-refractivity contribution in [3.8, 4) is 0 Å². The van der Waals surface area contributed by atoms with Crippen LogP contribution in [-0.4, -0.2) is 46.0 Å². The van der Waals surface area contributed by atoms with E-state index in [9.17, 15) is 13.6 Å². The topological polar surface area (TPSA) is 38.1 Å². The number of rotatable bonds is 5. The van der Waals surface area contributed by atoms with Crippen molar-refractivity contribution in [3.63, 3.8) is 0 Å². The van der Waals surface area contributed by atoms with Crippen LogP contribution in [0.4, 0.5) is 8.78 Å². The first-order valence-corrected chi connectivity index (χ1v) is 5.62. The number of amides is 1. The highest BCUT2D eigenvalue weighted by atomic mass is 35.5. The molecule has 1 aromatic heterocycles. The minimum absolute atomic E-state index is 0.0963. The number of aryl methyl sites for hydroxylation is 2. The molecule has 0 aliphatic carbocycles. The number of alkyl halides is 3. The number of nitrogens with zero attached hydrogens (tertiary/aromatic N) is 3. The Morgan fingerprint density at radius 1 is 1.65 bits per heavy atom. The largest absolute Gasteiger partial charge is 0.332 e. The van der Waals surface area contributed by atoms with Crippen LogP contribution in [0.1, 0.15) is 16.1 Å². The second-order valence-electron chi connectivity index (χ2n) is 3.63. The number of halogens is 3. The number of hydrogen-bond acceptors (Lipinski definition) is 2. The highest BCUT2D eigenvalue weighted by Gasteiger charge is 2.22. The molecule has 1 heterocycles. The molecule has 1 aromatic rings. The Morgan fingerprint density at radius 2 is 2.29 bits per heavy atom. The molecule has 0 aliphatic heterocycles. The molecule has 0 aliphatic rings. The van der Waals surface area contributed by atoms with Crippen molar-refractivity contribution in [1.82, 2.24) is 14.7 Å². The predicted molar refractivity (Wildman–Crippen MR) is 60.6 cm³/mol. The minimum Gasteiger partial charge on any atom is -0.332 e. The average molecular weight is 266 g/mol. The van der Waals surface area contributed by atoms with E-state index in [4.69, 9.17) is 11.6 Å². The smallest absolute Gasteiger partial charge is 0.257 e. The molecule has 17 heavy (non-hydrogen) atoms. The molecule has 4 nitrogen and oxygen atoms in total. The van der Waals surface area contributed by atoms with Crippen LogP contribution < -0.4 is 0 Å². The molecule has 0 saturated heterocycles. The van der Waals surface area contributed by atoms with Crippen molar-refractivity contribution in [2.24, 2.45) is 7.05 Å². The minimum atomic E-state index is -2.57. The number of hydrogen-bond donors (Lipinski definition) is 0. The van der Waals surface area contributed by atoms with E-state index < -0.39 is 18.9 Å². The molecule has 0 bridgehead atoms. The first kappa shape index (κ1) is 13.9. The first-order chi connectivity index (χ1) is 7.95. The summed E-state index contributed by atoms with van der Waals surface area (Å²) in [6, 6.07) is 0. The summed E-state index contributed by atoms with van der Waals surface area (Å²) in [6.07, 6.45) is -1.05. The number of aromatic nitrogens is 2. The standard InChI is InChI=1S/C10H14ClF2N3O/c1-7-8(5-15(2)14-7)10(17)16(4-3-11)6-9(12)13/h5,9H,3-4,6H2,1-2H3. The molecule has 0 atom stereocenters. The SMILES string of the molecule is Cc1nn(C)cc1C(=O)N(CCCl)CC(F)F. The van der Waals surface area contributed by atoms with Gasteiger partial charge in [0.15, 0.2) is 0 Å². The summed E-state index contributed by atoms with van der Waals surface area (Å²) in [7, 11) is 1.67. The fraction of sp³-hybridized carbons (Fsp3) is 0.600. The second-order valence-corrected chi connectivity index (χ2v) is 4.01. The fourth-order valence-corrected chi connectivity index (χ4v) is 1.73. The molecule has 0 unspecified atom stereocenters. The highest BCUT2D eigenvalue weighted by molar-refractivity contribution is 6.18. The van der Waals surface area contributed by atoms with Crippen molar-refractivity contribution >= 4 is 17.5 Å². The molecule has 0 aromatic carbocycles. The maximum absolute atomic E-state index is 12.3. The monoisotopic (exact) mass is 265 g/mol. The Labute approximate surface area is 103 Å². The molecule has 1 rings (SSSR count). The maximum Gasteiger partial charge on any atom is 0.257 e. The summed E-state index contributed by atoms with van der Waals surface area (Å²) in [5.41, 5.74) is 0.851. The lowest BCUT2D eigenvalue weighted by Gasteiger charge is -2.20. The molecule has 0 spiro atoms. The van der Waals surface area contributed by atoms with Crippen LogP contribution in [0.15, 0.2) is 6.20 Å². The Hall–Kier alpha value is -1.17. The predicted octanol–water partition coefficient (Wildman–Crippen LogP) is 1.67. The van der Waals surface area contributed by atoms with Crippen LogP contribution in [0.2, 0.25) is 0 Å². The van der Waals surface area contributed by atoms with Crippen molar-refractivity contribution in [2.45, 2.75) is 13.3 Å². The van der Waals surface area contributed by atoms with E-state index in [1.165, 1.54) is 10.9 Å². The normalized spacial score (nSPS) is 10.9. The lowest BCUT2D eigenvalue weighted by molar-refractivity contribution is 0.0570. The summed E-state index contributed by atoms with van der Waals surface area (Å²) in [4.78, 5) is 13.0. The van der Waals surface area contributed by atoms with Gasteiger partial charge in [-0.2, -0.15) is 5.10 Å². The van der Waals surface area contributed by atoms with E-state index in [1.807, 2.05) is 0 Å². The lowest BCUT2D eigenvalue weighted by Crippen LogP contribution is -2.36. The summed E-state index contributed by atoms with van der Waals surface area (Å²) in [5.74, 6) is -0.339. The zero-order valence-electron chi connectivity index (χ0n) is 9.66. The highest BCUT2D eigenvalue weighted by Crippen LogP contribution is 2.10. The summed E-state index contributed by atoms with van der Waals surface area (Å²) >= 11 is 5.50. The van der Waals surface area contributed by atoms with Crippen LogP contribution >= 0.6 is 11.6 Å². The van der Waals surface area contributed by atoms with E-state index in [1.54, 1.807) is 14.0 Å². The van der Waals surface area contributed by atoms with Gasteiger partial charge in [-0.05, 0) is 6.92 Å². The van der Waals surface area contributed by atoms with E-state index in [0.717, 1.165) is 4.90 Å². The van der Waals surface area contributed by atoms with Crippen LogP contribution in [0.25, 0.3) is 0 Å². The van der Waals surface area contributed by atoms with Gasteiger partial charge in [0, 0.05) is 25.7 Å². The summed E-state index contributed by atoms with van der Waals surface area (Å²) in [6.45, 7) is 1.15. The van der Waals surface area contributed by atoms with Gasteiger partial charge in [-0.25, -0.2) is 8.78 Å². The first-order valence-electron chi connectivity index (χ1n) is 5.09. The zero-order chi connectivity index (χ0) is 13.0. The average Bonchev–Trinajstić information content (AvgIpc) is 2.55. The van der Waals surface area contributed by atoms with Crippen LogP contribution in [0, 0.1) is 6.92 Å². The molecular weight excluding hydrogens is 252 g/mol. The third kappa shape index (κ3) is 3.66. The van der Waals surface area contributed by atoms with Crippen LogP contribution in [-0.2, 0) is 7.05 Å². The van der Waals surface area contributed by atoms with Gasteiger partial charge < -0.3 is 4.90 Å². The van der Waals surface area contributed by atoms with Crippen LogP contribution in [0.5, 0.6) is 0 Å². The molecule has 0 N–H and O–H groups in total. The third-order valence-corrected chi connectivity index (χ3v) is 2.41. The van der Waals surface area contributed by atoms with Crippen molar-refractivity contribution in [2.75, 3.05) is 19.0 Å². The van der Waals surface area contributed by atoms with Crippen LogP contribution in [0.3, 0.4) is 0 Å². The maximum atomic E-state index is 12.3. The van der Waals surface area contributed by atoms with Gasteiger partial charge in [-0.3, -0.25) is 9.48 Å². The second kappa shape index (κ2) is 5.95. The molecular formula is C10H14ClF2N3O. The van der Waals surface area contributed by atoms with E-state index in [-0.39, 0.29) is 12.4 Å². The Bertz CT molecular complexity index is 395. The molecule has 7 heteroatoms. The van der Waals surface area contributed by atoms with E-state index in [0.29, 0.717) is 11.3 Å². The fourth-order valence-electron chi connectivity index (χ4n) is 1.52. The number of carbonyl (C=O) groups excluding carboxylic acids is 1. The third-order valence-electron chi connectivity index (χ3n) is 2.24. The van der Waals surface area contributed by atoms with E-state index >= 15 is 0 Å². The quantitative estimate of drug-likeness (QED) is 0.760. The lowest BCUT2D eigenvalue weighted by atomic mass is 10.2. The molecule has 1 amide bonds. The molecule has 0 saturated carbocycles. The number of carbonyl (C=O) groups is 1. The molecule has 0 fully saturated rings. The van der Waals surface area contributed by atoms with Crippen molar-refractivity contribution in [3.05, 3.63) is 17.5 Å². The van der Waals surface area contributed by atoms with Gasteiger partial charge in [-0.1, -0.05) is 0 Å². The van der Waals surface area contributed by atoms with Crippen molar-refractivity contribution in [1.29, 1.82) is 0 Å².